The monoisotopic (exact) mass is 225 g/mol. The maximum absolute atomic E-state index is 5.89. The van der Waals surface area contributed by atoms with Gasteiger partial charge in [-0.3, -0.25) is 4.68 Å². The van der Waals surface area contributed by atoms with E-state index in [4.69, 9.17) is 21.8 Å². The van der Waals surface area contributed by atoms with Crippen molar-refractivity contribution in [2.45, 2.75) is 20.0 Å². The van der Waals surface area contributed by atoms with Crippen molar-refractivity contribution in [2.75, 3.05) is 0 Å². The molecule has 4 nitrogen and oxygen atoms in total. The van der Waals surface area contributed by atoms with Gasteiger partial charge in [-0.1, -0.05) is 11.6 Å². The van der Waals surface area contributed by atoms with Gasteiger partial charge in [0.05, 0.1) is 23.5 Å². The smallest absolute Gasteiger partial charge is 0.125 e. The zero-order valence-electron chi connectivity index (χ0n) is 8.40. The fraction of sp³-hybridized carbons (Fsp3) is 0.300. The highest BCUT2D eigenvalue weighted by Gasteiger charge is 2.05. The van der Waals surface area contributed by atoms with E-state index in [9.17, 15) is 0 Å². The summed E-state index contributed by atoms with van der Waals surface area (Å²) >= 11 is 5.89. The van der Waals surface area contributed by atoms with E-state index >= 15 is 0 Å². The molecule has 80 valence electrons. The van der Waals surface area contributed by atoms with Crippen molar-refractivity contribution in [1.29, 1.82) is 0 Å². The van der Waals surface area contributed by atoms with Crippen LogP contribution in [0.2, 0.25) is 5.02 Å². The minimum absolute atomic E-state index is 0.488. The Morgan fingerprint density at radius 1 is 1.60 bits per heavy atom. The number of aryl methyl sites for hydroxylation is 1. The molecule has 0 saturated carbocycles. The molecule has 5 heteroatoms. The highest BCUT2D eigenvalue weighted by molar-refractivity contribution is 6.31. The molecule has 2 aromatic heterocycles. The molecule has 0 radical (unpaired) electrons. The molecule has 0 atom stereocenters. The van der Waals surface area contributed by atoms with Crippen molar-refractivity contribution in [2.24, 2.45) is 5.73 Å². The van der Waals surface area contributed by atoms with Crippen LogP contribution >= 0.6 is 11.6 Å². The predicted molar refractivity (Wildman–Crippen MR) is 57.7 cm³/mol. The highest BCUT2D eigenvalue weighted by Crippen LogP contribution is 2.14. The summed E-state index contributed by atoms with van der Waals surface area (Å²) in [5.41, 5.74) is 7.29. The van der Waals surface area contributed by atoms with E-state index in [-0.39, 0.29) is 0 Å². The lowest BCUT2D eigenvalue weighted by Gasteiger charge is -1.95. The standard InChI is InChI=1S/C10H12ClN3O/c1-7-10(11)5-14(13-7)4-9-2-8(3-12)6-15-9/h2,5-6H,3-4,12H2,1H3. The zero-order chi connectivity index (χ0) is 10.8. The van der Waals surface area contributed by atoms with Crippen LogP contribution in [0.1, 0.15) is 17.0 Å². The first-order valence-corrected chi connectivity index (χ1v) is 5.02. The molecule has 15 heavy (non-hydrogen) atoms. The van der Waals surface area contributed by atoms with Gasteiger partial charge in [0.1, 0.15) is 5.76 Å². The van der Waals surface area contributed by atoms with Gasteiger partial charge in [-0.15, -0.1) is 0 Å². The van der Waals surface area contributed by atoms with Crippen molar-refractivity contribution >= 4 is 11.6 Å². The summed E-state index contributed by atoms with van der Waals surface area (Å²) < 4.78 is 7.07. The van der Waals surface area contributed by atoms with E-state index in [2.05, 4.69) is 5.10 Å². The SMILES string of the molecule is Cc1nn(Cc2cc(CN)co2)cc1Cl. The number of rotatable bonds is 3. The third kappa shape index (κ3) is 2.22. The minimum Gasteiger partial charge on any atom is -0.467 e. The van der Waals surface area contributed by atoms with Crippen molar-refractivity contribution in [1.82, 2.24) is 9.78 Å². The third-order valence-electron chi connectivity index (χ3n) is 2.15. The molecule has 0 spiro atoms. The van der Waals surface area contributed by atoms with Crippen LogP contribution in [0.4, 0.5) is 0 Å². The van der Waals surface area contributed by atoms with Crippen LogP contribution in [0.25, 0.3) is 0 Å². The molecule has 2 N–H and O–H groups in total. The molecule has 2 aromatic rings. The molecule has 0 unspecified atom stereocenters. The third-order valence-corrected chi connectivity index (χ3v) is 2.52. The fourth-order valence-corrected chi connectivity index (χ4v) is 1.50. The molecule has 0 aliphatic carbocycles. The van der Waals surface area contributed by atoms with Crippen LogP contribution in [0.15, 0.2) is 22.9 Å². The molecular formula is C10H12ClN3O. The highest BCUT2D eigenvalue weighted by atomic mass is 35.5. The van der Waals surface area contributed by atoms with E-state index in [0.717, 1.165) is 17.0 Å². The van der Waals surface area contributed by atoms with Gasteiger partial charge in [0.25, 0.3) is 0 Å². The van der Waals surface area contributed by atoms with Gasteiger partial charge >= 0.3 is 0 Å². The van der Waals surface area contributed by atoms with Crippen LogP contribution in [0.3, 0.4) is 0 Å². The van der Waals surface area contributed by atoms with Crippen molar-refractivity contribution in [3.63, 3.8) is 0 Å². The molecule has 0 aliphatic heterocycles. The number of hydrogen-bond donors (Lipinski definition) is 1. The molecule has 2 rings (SSSR count). The Hall–Kier alpha value is -1.26. The average Bonchev–Trinajstić information content (AvgIpc) is 2.76. The maximum Gasteiger partial charge on any atom is 0.125 e. The maximum atomic E-state index is 5.89. The summed E-state index contributed by atoms with van der Waals surface area (Å²) in [5, 5.41) is 4.90. The van der Waals surface area contributed by atoms with Gasteiger partial charge in [-0.25, -0.2) is 0 Å². The normalized spacial score (nSPS) is 10.9. The Morgan fingerprint density at radius 2 is 2.40 bits per heavy atom. The second kappa shape index (κ2) is 4.08. The summed E-state index contributed by atoms with van der Waals surface area (Å²) in [7, 11) is 0. The number of halogens is 1. The number of nitrogens with zero attached hydrogens (tertiary/aromatic N) is 2. The summed E-state index contributed by atoms with van der Waals surface area (Å²) in [6.07, 6.45) is 3.44. The van der Waals surface area contributed by atoms with E-state index in [1.807, 2.05) is 13.0 Å². The average molecular weight is 226 g/mol. The Kier molecular flexibility index (Phi) is 2.79. The number of aromatic nitrogens is 2. The Labute approximate surface area is 92.6 Å². The predicted octanol–water partition coefficient (Wildman–Crippen LogP) is 1.94. The molecule has 0 saturated heterocycles. The van der Waals surface area contributed by atoms with E-state index < -0.39 is 0 Å². The topological polar surface area (TPSA) is 57.0 Å². The van der Waals surface area contributed by atoms with Gasteiger partial charge in [-0.2, -0.15) is 5.10 Å². The first-order valence-electron chi connectivity index (χ1n) is 4.65. The van der Waals surface area contributed by atoms with Crippen molar-refractivity contribution in [3.05, 3.63) is 40.6 Å². The lowest BCUT2D eigenvalue weighted by molar-refractivity contribution is 0.478. The number of furan rings is 1. The van der Waals surface area contributed by atoms with Gasteiger partial charge in [0.15, 0.2) is 0 Å². The van der Waals surface area contributed by atoms with E-state index in [0.29, 0.717) is 18.1 Å². The van der Waals surface area contributed by atoms with Crippen LogP contribution in [-0.4, -0.2) is 9.78 Å². The molecule has 0 aromatic carbocycles. The largest absolute Gasteiger partial charge is 0.467 e. The molecule has 0 bridgehead atoms. The molecular weight excluding hydrogens is 214 g/mol. The second-order valence-corrected chi connectivity index (χ2v) is 3.79. The quantitative estimate of drug-likeness (QED) is 0.869. The summed E-state index contributed by atoms with van der Waals surface area (Å²) in [6, 6.07) is 1.92. The zero-order valence-corrected chi connectivity index (χ0v) is 9.16. The van der Waals surface area contributed by atoms with Gasteiger partial charge < -0.3 is 10.2 Å². The number of hydrogen-bond acceptors (Lipinski definition) is 3. The van der Waals surface area contributed by atoms with Crippen molar-refractivity contribution in [3.8, 4) is 0 Å². The Morgan fingerprint density at radius 3 is 2.93 bits per heavy atom. The Bertz CT molecular complexity index is 441. The van der Waals surface area contributed by atoms with Crippen LogP contribution in [0.5, 0.6) is 0 Å². The molecule has 0 amide bonds. The number of nitrogens with two attached hydrogens (primary N) is 1. The van der Waals surface area contributed by atoms with Crippen LogP contribution in [0, 0.1) is 6.92 Å². The van der Waals surface area contributed by atoms with Crippen LogP contribution in [-0.2, 0) is 13.1 Å². The van der Waals surface area contributed by atoms with Gasteiger partial charge in [0, 0.05) is 18.3 Å². The van der Waals surface area contributed by atoms with Crippen LogP contribution < -0.4 is 5.73 Å². The van der Waals surface area contributed by atoms with Crippen molar-refractivity contribution < 1.29 is 4.42 Å². The van der Waals surface area contributed by atoms with Gasteiger partial charge in [-0.05, 0) is 13.0 Å². The first-order chi connectivity index (χ1) is 7.19. The first kappa shape index (κ1) is 10.3. The Balaban J connectivity index is 2.14. The van der Waals surface area contributed by atoms with Gasteiger partial charge in [0.2, 0.25) is 0 Å². The van der Waals surface area contributed by atoms with E-state index in [1.165, 1.54) is 0 Å². The second-order valence-electron chi connectivity index (χ2n) is 3.39. The van der Waals surface area contributed by atoms with E-state index in [1.54, 1.807) is 17.1 Å². The minimum atomic E-state index is 0.488. The molecule has 0 fully saturated rings. The lowest BCUT2D eigenvalue weighted by Crippen LogP contribution is -1.99. The summed E-state index contributed by atoms with van der Waals surface area (Å²) in [6.45, 7) is 2.93. The summed E-state index contributed by atoms with van der Waals surface area (Å²) in [5.74, 6) is 0.828. The summed E-state index contributed by atoms with van der Waals surface area (Å²) in [4.78, 5) is 0. The molecule has 2 heterocycles. The fourth-order valence-electron chi connectivity index (χ4n) is 1.35. The molecule has 0 aliphatic rings. The lowest BCUT2D eigenvalue weighted by atomic mass is 10.3.